The van der Waals surface area contributed by atoms with Gasteiger partial charge in [-0.2, -0.15) is 0 Å². The number of para-hydroxylation sites is 1. The number of likely N-dealkylation sites (tertiary alicyclic amines) is 1. The Balaban J connectivity index is 1.48. The predicted molar refractivity (Wildman–Crippen MR) is 110 cm³/mol. The number of benzene rings is 2. The number of aromatic hydroxyl groups is 1. The number of piperidine rings is 1. The molecular weight excluding hydrogens is 355 g/mol. The summed E-state index contributed by atoms with van der Waals surface area (Å²) >= 11 is 0. The van der Waals surface area contributed by atoms with Crippen LogP contribution in [-0.2, 0) is 13.0 Å². The molecular formula is C23H31FN2O2. The van der Waals surface area contributed by atoms with Gasteiger partial charge < -0.3 is 19.6 Å². The van der Waals surface area contributed by atoms with Crippen LogP contribution in [-0.4, -0.2) is 55.2 Å². The van der Waals surface area contributed by atoms with Crippen LogP contribution in [0.5, 0.6) is 11.5 Å². The van der Waals surface area contributed by atoms with Crippen molar-refractivity contribution in [2.45, 2.75) is 25.8 Å². The van der Waals surface area contributed by atoms with Gasteiger partial charge in [0, 0.05) is 31.7 Å². The first kappa shape index (κ1) is 20.6. The van der Waals surface area contributed by atoms with E-state index in [1.54, 1.807) is 13.2 Å². The minimum atomic E-state index is -0.174. The summed E-state index contributed by atoms with van der Waals surface area (Å²) in [6.45, 7) is 4.95. The van der Waals surface area contributed by atoms with E-state index in [0.717, 1.165) is 38.2 Å². The summed E-state index contributed by atoms with van der Waals surface area (Å²) < 4.78 is 18.2. The molecule has 1 N–H and O–H groups in total. The summed E-state index contributed by atoms with van der Waals surface area (Å²) in [4.78, 5) is 4.80. The Kier molecular flexibility index (Phi) is 7.29. The fourth-order valence-corrected chi connectivity index (χ4v) is 4.10. The lowest BCUT2D eigenvalue weighted by Gasteiger charge is -2.35. The summed E-state index contributed by atoms with van der Waals surface area (Å²) in [5, 5.41) is 10.3. The van der Waals surface area contributed by atoms with Crippen molar-refractivity contribution in [2.24, 2.45) is 5.92 Å². The molecule has 2 aromatic carbocycles. The average molecular weight is 387 g/mol. The summed E-state index contributed by atoms with van der Waals surface area (Å²) in [6.07, 6.45) is 3.41. The van der Waals surface area contributed by atoms with E-state index in [2.05, 4.69) is 16.8 Å². The SMILES string of the molecule is COc1cccc(CN(C)CC2CCCN(CCc3ccc(F)cc3)C2)c1O. The van der Waals surface area contributed by atoms with Crippen LogP contribution in [0.15, 0.2) is 42.5 Å². The molecule has 1 aliphatic rings. The van der Waals surface area contributed by atoms with Crippen LogP contribution in [0.1, 0.15) is 24.0 Å². The van der Waals surface area contributed by atoms with Crippen molar-refractivity contribution in [1.29, 1.82) is 0 Å². The van der Waals surface area contributed by atoms with Gasteiger partial charge >= 0.3 is 0 Å². The van der Waals surface area contributed by atoms with Gasteiger partial charge in [0.05, 0.1) is 7.11 Å². The standard InChI is InChI=1S/C23H31FN2O2/c1-25(17-20-6-3-7-22(28-2)23(20)27)15-19-5-4-13-26(16-19)14-12-18-8-10-21(24)11-9-18/h3,6-11,19,27H,4-5,12-17H2,1-2H3. The van der Waals surface area contributed by atoms with Gasteiger partial charge in [-0.05, 0) is 62.5 Å². The van der Waals surface area contributed by atoms with Crippen molar-refractivity contribution in [3.05, 3.63) is 59.4 Å². The zero-order valence-electron chi connectivity index (χ0n) is 16.9. The number of ether oxygens (including phenoxy) is 1. The van der Waals surface area contributed by atoms with Crippen molar-refractivity contribution >= 4 is 0 Å². The number of methoxy groups -OCH3 is 1. The lowest BCUT2D eigenvalue weighted by molar-refractivity contribution is 0.142. The molecule has 3 rings (SSSR count). The third-order valence-corrected chi connectivity index (χ3v) is 5.55. The Hall–Kier alpha value is -2.11. The van der Waals surface area contributed by atoms with Gasteiger partial charge in [0.25, 0.3) is 0 Å². The zero-order chi connectivity index (χ0) is 19.9. The van der Waals surface area contributed by atoms with E-state index in [9.17, 15) is 9.50 Å². The maximum Gasteiger partial charge on any atom is 0.162 e. The molecule has 0 aromatic heterocycles. The van der Waals surface area contributed by atoms with Gasteiger partial charge in [-0.1, -0.05) is 24.3 Å². The molecule has 1 saturated heterocycles. The summed E-state index contributed by atoms with van der Waals surface area (Å²) in [6, 6.07) is 12.5. The fraction of sp³-hybridized carbons (Fsp3) is 0.478. The molecule has 5 heteroatoms. The quantitative estimate of drug-likeness (QED) is 0.746. The molecule has 0 aliphatic carbocycles. The molecule has 4 nitrogen and oxygen atoms in total. The van der Waals surface area contributed by atoms with Crippen molar-refractivity contribution in [3.63, 3.8) is 0 Å². The first-order chi connectivity index (χ1) is 13.5. The Labute approximate surface area is 167 Å². The van der Waals surface area contributed by atoms with E-state index in [1.165, 1.54) is 30.5 Å². The van der Waals surface area contributed by atoms with Crippen LogP contribution in [0, 0.1) is 11.7 Å². The number of phenolic OH excluding ortho intramolecular Hbond substituents is 1. The van der Waals surface area contributed by atoms with Crippen LogP contribution in [0.25, 0.3) is 0 Å². The number of phenols is 1. The van der Waals surface area contributed by atoms with E-state index in [4.69, 9.17) is 4.74 Å². The summed E-state index contributed by atoms with van der Waals surface area (Å²) in [5.41, 5.74) is 2.08. The lowest BCUT2D eigenvalue weighted by atomic mass is 9.97. The number of hydrogen-bond acceptors (Lipinski definition) is 4. The summed E-state index contributed by atoms with van der Waals surface area (Å²) in [7, 11) is 3.68. The molecule has 2 aromatic rings. The molecule has 0 amide bonds. The molecule has 1 heterocycles. The van der Waals surface area contributed by atoms with E-state index >= 15 is 0 Å². The molecule has 1 atom stereocenters. The Morgan fingerprint density at radius 3 is 2.75 bits per heavy atom. The van der Waals surface area contributed by atoms with Crippen molar-refractivity contribution < 1.29 is 14.2 Å². The Morgan fingerprint density at radius 1 is 1.21 bits per heavy atom. The van der Waals surface area contributed by atoms with Crippen LogP contribution in [0.2, 0.25) is 0 Å². The summed E-state index contributed by atoms with van der Waals surface area (Å²) in [5.74, 6) is 1.21. The highest BCUT2D eigenvalue weighted by Gasteiger charge is 2.21. The topological polar surface area (TPSA) is 35.9 Å². The predicted octanol–water partition coefficient (Wildman–Crippen LogP) is 3.93. The average Bonchev–Trinajstić information content (AvgIpc) is 2.69. The van der Waals surface area contributed by atoms with Crippen molar-refractivity contribution in [2.75, 3.05) is 40.3 Å². The molecule has 28 heavy (non-hydrogen) atoms. The third kappa shape index (κ3) is 5.69. The van der Waals surface area contributed by atoms with Crippen molar-refractivity contribution in [1.82, 2.24) is 9.80 Å². The van der Waals surface area contributed by atoms with Crippen LogP contribution in [0.3, 0.4) is 0 Å². The van der Waals surface area contributed by atoms with Crippen molar-refractivity contribution in [3.8, 4) is 11.5 Å². The highest BCUT2D eigenvalue weighted by atomic mass is 19.1. The van der Waals surface area contributed by atoms with E-state index in [-0.39, 0.29) is 11.6 Å². The minimum Gasteiger partial charge on any atom is -0.504 e. The molecule has 0 saturated carbocycles. The number of halogens is 1. The zero-order valence-corrected chi connectivity index (χ0v) is 16.9. The fourth-order valence-electron chi connectivity index (χ4n) is 4.10. The van der Waals surface area contributed by atoms with Crippen LogP contribution < -0.4 is 4.74 Å². The highest BCUT2D eigenvalue weighted by Crippen LogP contribution is 2.30. The second-order valence-corrected chi connectivity index (χ2v) is 7.85. The molecule has 1 unspecified atom stereocenters. The second kappa shape index (κ2) is 9.89. The van der Waals surface area contributed by atoms with E-state index in [1.807, 2.05) is 24.3 Å². The molecule has 0 spiro atoms. The first-order valence-corrected chi connectivity index (χ1v) is 10.1. The number of rotatable bonds is 8. The smallest absolute Gasteiger partial charge is 0.162 e. The molecule has 152 valence electrons. The largest absolute Gasteiger partial charge is 0.504 e. The number of hydrogen-bond donors (Lipinski definition) is 1. The van der Waals surface area contributed by atoms with E-state index in [0.29, 0.717) is 18.2 Å². The lowest BCUT2D eigenvalue weighted by Crippen LogP contribution is -2.40. The van der Waals surface area contributed by atoms with Gasteiger partial charge in [-0.25, -0.2) is 4.39 Å². The van der Waals surface area contributed by atoms with Gasteiger partial charge in [0.1, 0.15) is 5.82 Å². The highest BCUT2D eigenvalue weighted by molar-refractivity contribution is 5.45. The van der Waals surface area contributed by atoms with Gasteiger partial charge in [0.15, 0.2) is 11.5 Å². The van der Waals surface area contributed by atoms with Gasteiger partial charge in [-0.15, -0.1) is 0 Å². The number of nitrogens with zero attached hydrogens (tertiary/aromatic N) is 2. The second-order valence-electron chi connectivity index (χ2n) is 7.85. The van der Waals surface area contributed by atoms with Gasteiger partial charge in [-0.3, -0.25) is 0 Å². The minimum absolute atomic E-state index is 0.174. The normalized spacial score (nSPS) is 17.8. The molecule has 0 radical (unpaired) electrons. The van der Waals surface area contributed by atoms with E-state index < -0.39 is 0 Å². The monoisotopic (exact) mass is 386 g/mol. The molecule has 1 aliphatic heterocycles. The first-order valence-electron chi connectivity index (χ1n) is 10.1. The molecule has 1 fully saturated rings. The molecule has 0 bridgehead atoms. The van der Waals surface area contributed by atoms with Gasteiger partial charge in [0.2, 0.25) is 0 Å². The van der Waals surface area contributed by atoms with Crippen LogP contribution in [0.4, 0.5) is 4.39 Å². The third-order valence-electron chi connectivity index (χ3n) is 5.55. The maximum absolute atomic E-state index is 13.0. The Morgan fingerprint density at radius 2 is 2.00 bits per heavy atom. The maximum atomic E-state index is 13.0. The Bertz CT molecular complexity index is 751. The van der Waals surface area contributed by atoms with Crippen LogP contribution >= 0.6 is 0 Å².